The first kappa shape index (κ1) is 14.5. The normalized spacial score (nSPS) is 23.2. The van der Waals surface area contributed by atoms with E-state index in [4.69, 9.17) is 11.6 Å². The SMILES string of the molecule is CC1CCCC1C(=O)c1c(Cl)cnn1CCN(C)C. The molecule has 1 heterocycles. The molecule has 1 aliphatic rings. The van der Waals surface area contributed by atoms with E-state index in [1.165, 1.54) is 0 Å². The second-order valence-electron chi connectivity index (χ2n) is 5.75. The third-order valence-electron chi connectivity index (χ3n) is 3.99. The summed E-state index contributed by atoms with van der Waals surface area (Å²) in [6.07, 6.45) is 4.85. The molecule has 19 heavy (non-hydrogen) atoms. The van der Waals surface area contributed by atoms with Gasteiger partial charge in [-0.05, 0) is 32.9 Å². The lowest BCUT2D eigenvalue weighted by molar-refractivity contribution is 0.0885. The first-order valence-corrected chi connectivity index (χ1v) is 7.28. The number of carbonyl (C=O) groups is 1. The summed E-state index contributed by atoms with van der Waals surface area (Å²) >= 11 is 6.16. The first-order valence-electron chi connectivity index (χ1n) is 6.91. The van der Waals surface area contributed by atoms with E-state index in [1.54, 1.807) is 10.9 Å². The summed E-state index contributed by atoms with van der Waals surface area (Å²) < 4.78 is 1.76. The highest BCUT2D eigenvalue weighted by Gasteiger charge is 2.33. The second kappa shape index (κ2) is 6.06. The quantitative estimate of drug-likeness (QED) is 0.780. The van der Waals surface area contributed by atoms with E-state index in [-0.39, 0.29) is 11.7 Å². The van der Waals surface area contributed by atoms with E-state index in [1.807, 2.05) is 14.1 Å². The van der Waals surface area contributed by atoms with Gasteiger partial charge in [0.05, 0.1) is 17.8 Å². The molecule has 4 nitrogen and oxygen atoms in total. The van der Waals surface area contributed by atoms with E-state index in [0.717, 1.165) is 25.8 Å². The highest BCUT2D eigenvalue weighted by atomic mass is 35.5. The molecule has 0 spiro atoms. The number of aromatic nitrogens is 2. The number of halogens is 1. The van der Waals surface area contributed by atoms with Crippen LogP contribution in [0.5, 0.6) is 0 Å². The molecule has 0 aliphatic heterocycles. The topological polar surface area (TPSA) is 38.1 Å². The Morgan fingerprint density at radius 2 is 2.26 bits per heavy atom. The third kappa shape index (κ3) is 3.18. The van der Waals surface area contributed by atoms with Gasteiger partial charge >= 0.3 is 0 Å². The van der Waals surface area contributed by atoms with Gasteiger partial charge in [-0.25, -0.2) is 0 Å². The molecule has 1 fully saturated rings. The molecule has 1 saturated carbocycles. The van der Waals surface area contributed by atoms with Crippen molar-refractivity contribution in [1.29, 1.82) is 0 Å². The van der Waals surface area contributed by atoms with Crippen LogP contribution >= 0.6 is 11.6 Å². The molecule has 0 radical (unpaired) electrons. The van der Waals surface area contributed by atoms with Crippen LogP contribution in [0.4, 0.5) is 0 Å². The Morgan fingerprint density at radius 1 is 1.53 bits per heavy atom. The van der Waals surface area contributed by atoms with Gasteiger partial charge in [0, 0.05) is 12.5 Å². The van der Waals surface area contributed by atoms with E-state index >= 15 is 0 Å². The molecule has 2 atom stereocenters. The van der Waals surface area contributed by atoms with E-state index in [9.17, 15) is 4.79 Å². The van der Waals surface area contributed by atoms with Crippen molar-refractivity contribution in [3.05, 3.63) is 16.9 Å². The number of Topliss-reactive ketones (excluding diaryl/α,β-unsaturated/α-hetero) is 1. The predicted molar refractivity (Wildman–Crippen MR) is 76.6 cm³/mol. The Morgan fingerprint density at radius 3 is 2.84 bits per heavy atom. The summed E-state index contributed by atoms with van der Waals surface area (Å²) in [6, 6.07) is 0. The van der Waals surface area contributed by atoms with E-state index < -0.39 is 0 Å². The largest absolute Gasteiger partial charge is 0.308 e. The Balaban J connectivity index is 2.18. The number of ketones is 1. The minimum Gasteiger partial charge on any atom is -0.308 e. The first-order chi connectivity index (χ1) is 9.00. The standard InChI is InChI=1S/C14H22ClN3O/c1-10-5-4-6-11(10)14(19)13-12(15)9-16-18(13)8-7-17(2)3/h9-11H,4-8H2,1-3H3. The lowest BCUT2D eigenvalue weighted by Crippen LogP contribution is -2.25. The highest BCUT2D eigenvalue weighted by molar-refractivity contribution is 6.33. The van der Waals surface area contributed by atoms with E-state index in [0.29, 0.717) is 23.2 Å². The van der Waals surface area contributed by atoms with Crippen LogP contribution in [0.1, 0.15) is 36.7 Å². The zero-order chi connectivity index (χ0) is 14.0. The number of nitrogens with zero attached hydrogens (tertiary/aromatic N) is 3. The van der Waals surface area contributed by atoms with Crippen molar-refractivity contribution in [3.8, 4) is 0 Å². The van der Waals surface area contributed by atoms with Crippen LogP contribution < -0.4 is 0 Å². The van der Waals surface area contributed by atoms with Crippen molar-refractivity contribution in [2.24, 2.45) is 11.8 Å². The Bertz CT molecular complexity index is 456. The molecular weight excluding hydrogens is 262 g/mol. The van der Waals surface area contributed by atoms with Gasteiger partial charge in [0.15, 0.2) is 5.78 Å². The molecule has 2 unspecified atom stereocenters. The van der Waals surface area contributed by atoms with Crippen molar-refractivity contribution in [1.82, 2.24) is 14.7 Å². The van der Waals surface area contributed by atoms with Crippen molar-refractivity contribution >= 4 is 17.4 Å². The average molecular weight is 284 g/mol. The van der Waals surface area contributed by atoms with Crippen LogP contribution in [0, 0.1) is 11.8 Å². The van der Waals surface area contributed by atoms with Crippen LogP contribution in [0.3, 0.4) is 0 Å². The van der Waals surface area contributed by atoms with Gasteiger partial charge in [-0.1, -0.05) is 24.9 Å². The van der Waals surface area contributed by atoms with Gasteiger partial charge in [-0.15, -0.1) is 0 Å². The fourth-order valence-electron chi connectivity index (χ4n) is 2.78. The smallest absolute Gasteiger partial charge is 0.185 e. The van der Waals surface area contributed by atoms with Gasteiger partial charge in [0.25, 0.3) is 0 Å². The van der Waals surface area contributed by atoms with Crippen LogP contribution in [-0.4, -0.2) is 41.1 Å². The van der Waals surface area contributed by atoms with Crippen molar-refractivity contribution < 1.29 is 4.79 Å². The van der Waals surface area contributed by atoms with Crippen LogP contribution in [0.25, 0.3) is 0 Å². The molecular formula is C14H22ClN3O. The fraction of sp³-hybridized carbons (Fsp3) is 0.714. The fourth-order valence-corrected chi connectivity index (χ4v) is 3.02. The zero-order valence-corrected chi connectivity index (χ0v) is 12.7. The second-order valence-corrected chi connectivity index (χ2v) is 6.15. The lowest BCUT2D eigenvalue weighted by Gasteiger charge is -2.16. The molecule has 106 valence electrons. The molecule has 1 aromatic heterocycles. The molecule has 0 saturated heterocycles. The van der Waals surface area contributed by atoms with Crippen LogP contribution in [0.2, 0.25) is 5.02 Å². The maximum atomic E-state index is 12.6. The van der Waals surface area contributed by atoms with Crippen LogP contribution in [0.15, 0.2) is 6.20 Å². The Kier molecular flexibility index (Phi) is 4.63. The summed E-state index contributed by atoms with van der Waals surface area (Å²) in [4.78, 5) is 14.7. The molecule has 0 N–H and O–H groups in total. The Labute approximate surface area is 119 Å². The molecule has 0 bridgehead atoms. The number of rotatable bonds is 5. The molecule has 1 aromatic rings. The number of hydrogen-bond acceptors (Lipinski definition) is 3. The predicted octanol–water partition coefficient (Wildman–Crippen LogP) is 2.72. The van der Waals surface area contributed by atoms with Gasteiger partial charge in [0.2, 0.25) is 0 Å². The summed E-state index contributed by atoms with van der Waals surface area (Å²) in [7, 11) is 4.01. The average Bonchev–Trinajstić information content (AvgIpc) is 2.92. The molecule has 0 aromatic carbocycles. The summed E-state index contributed by atoms with van der Waals surface area (Å²) in [6.45, 7) is 3.70. The van der Waals surface area contributed by atoms with Gasteiger partial charge in [-0.3, -0.25) is 9.48 Å². The van der Waals surface area contributed by atoms with Crippen molar-refractivity contribution in [2.75, 3.05) is 20.6 Å². The summed E-state index contributed by atoms with van der Waals surface area (Å²) in [5.74, 6) is 0.749. The van der Waals surface area contributed by atoms with Gasteiger partial charge < -0.3 is 4.90 Å². The minimum atomic E-state index is 0.118. The van der Waals surface area contributed by atoms with Crippen molar-refractivity contribution in [2.45, 2.75) is 32.7 Å². The Hall–Kier alpha value is -0.870. The maximum Gasteiger partial charge on any atom is 0.185 e. The summed E-state index contributed by atoms with van der Waals surface area (Å²) in [5, 5.41) is 4.73. The third-order valence-corrected chi connectivity index (χ3v) is 4.26. The van der Waals surface area contributed by atoms with Crippen molar-refractivity contribution in [3.63, 3.8) is 0 Å². The number of likely N-dealkylation sites (N-methyl/N-ethyl adjacent to an activating group) is 1. The van der Waals surface area contributed by atoms with Gasteiger partial charge in [-0.2, -0.15) is 5.10 Å². The monoisotopic (exact) mass is 283 g/mol. The molecule has 1 aliphatic carbocycles. The molecule has 0 amide bonds. The zero-order valence-electron chi connectivity index (χ0n) is 11.9. The van der Waals surface area contributed by atoms with Crippen LogP contribution in [-0.2, 0) is 6.54 Å². The maximum absolute atomic E-state index is 12.6. The summed E-state index contributed by atoms with van der Waals surface area (Å²) in [5.41, 5.74) is 0.599. The number of carbonyl (C=O) groups excluding carboxylic acids is 1. The highest BCUT2D eigenvalue weighted by Crippen LogP contribution is 2.35. The molecule has 2 rings (SSSR count). The lowest BCUT2D eigenvalue weighted by atomic mass is 9.92. The minimum absolute atomic E-state index is 0.118. The molecule has 5 heteroatoms. The van der Waals surface area contributed by atoms with Gasteiger partial charge in [0.1, 0.15) is 5.69 Å². The number of hydrogen-bond donors (Lipinski definition) is 0. The van der Waals surface area contributed by atoms with E-state index in [2.05, 4.69) is 16.9 Å².